The molecule has 8 heteroatoms. The van der Waals surface area contributed by atoms with Crippen LogP contribution in [-0.4, -0.2) is 27.1 Å². The Balaban J connectivity index is 1.94. The van der Waals surface area contributed by atoms with Gasteiger partial charge in [-0.1, -0.05) is 31.2 Å². The number of nitrogens with zero attached hydrogens (tertiary/aromatic N) is 1. The summed E-state index contributed by atoms with van der Waals surface area (Å²) in [5.74, 6) is -2.39. The van der Waals surface area contributed by atoms with Crippen LogP contribution in [0.1, 0.15) is 43.9 Å². The molecule has 0 aliphatic carbocycles. The van der Waals surface area contributed by atoms with Crippen LogP contribution in [0.15, 0.2) is 42.5 Å². The fraction of sp³-hybridized carbons (Fsp3) is 0.381. The molecule has 2 rings (SSSR count). The number of carbonyl (C=O) groups is 1. The van der Waals surface area contributed by atoms with E-state index in [0.717, 1.165) is 34.7 Å². The van der Waals surface area contributed by atoms with Crippen LogP contribution in [0.2, 0.25) is 0 Å². The average Bonchev–Trinajstić information content (AvgIpc) is 2.66. The van der Waals surface area contributed by atoms with Crippen molar-refractivity contribution >= 4 is 21.6 Å². The molecule has 0 saturated heterocycles. The second-order valence-corrected chi connectivity index (χ2v) is 8.83. The van der Waals surface area contributed by atoms with E-state index in [1.54, 1.807) is 0 Å². The van der Waals surface area contributed by atoms with Crippen LogP contribution in [0.4, 0.5) is 14.5 Å². The molecule has 1 amide bonds. The molecule has 0 aliphatic rings. The maximum atomic E-state index is 13.5. The van der Waals surface area contributed by atoms with Gasteiger partial charge in [0.25, 0.3) is 0 Å². The van der Waals surface area contributed by atoms with Crippen molar-refractivity contribution in [2.45, 2.75) is 39.2 Å². The minimum Gasteiger partial charge on any atom is -0.350 e. The second-order valence-electron chi connectivity index (χ2n) is 6.92. The largest absolute Gasteiger partial charge is 0.350 e. The van der Waals surface area contributed by atoms with Gasteiger partial charge in [-0.3, -0.25) is 9.10 Å². The highest BCUT2D eigenvalue weighted by molar-refractivity contribution is 7.92. The summed E-state index contributed by atoms with van der Waals surface area (Å²) in [5, 5.41) is 2.89. The average molecular weight is 425 g/mol. The molecule has 0 saturated carbocycles. The molecule has 29 heavy (non-hydrogen) atoms. The van der Waals surface area contributed by atoms with Gasteiger partial charge in [0.15, 0.2) is 11.6 Å². The number of aryl methyl sites for hydroxylation is 1. The van der Waals surface area contributed by atoms with Gasteiger partial charge in [0.1, 0.15) is 0 Å². The van der Waals surface area contributed by atoms with Crippen molar-refractivity contribution in [3.63, 3.8) is 0 Å². The van der Waals surface area contributed by atoms with E-state index < -0.39 is 21.7 Å². The zero-order valence-corrected chi connectivity index (χ0v) is 17.6. The molecular formula is C21H26F2N2O3S. The first kappa shape index (κ1) is 22.8. The van der Waals surface area contributed by atoms with Crippen molar-refractivity contribution < 1.29 is 22.0 Å². The molecule has 2 aromatic rings. The predicted molar refractivity (Wildman–Crippen MR) is 110 cm³/mol. The first-order valence-corrected chi connectivity index (χ1v) is 11.3. The van der Waals surface area contributed by atoms with Gasteiger partial charge in [-0.05, 0) is 43.0 Å². The summed E-state index contributed by atoms with van der Waals surface area (Å²) in [4.78, 5) is 12.2. The Morgan fingerprint density at radius 3 is 2.31 bits per heavy atom. The van der Waals surface area contributed by atoms with Crippen molar-refractivity contribution in [1.82, 2.24) is 5.32 Å². The zero-order chi connectivity index (χ0) is 21.6. The van der Waals surface area contributed by atoms with Gasteiger partial charge < -0.3 is 5.32 Å². The zero-order valence-electron chi connectivity index (χ0n) is 16.8. The van der Waals surface area contributed by atoms with Crippen LogP contribution in [0.25, 0.3) is 0 Å². The SMILES string of the molecule is CCc1ccc([C@@H](C)NC(=O)CCCN(c2ccc(F)c(F)c2)S(C)(=O)=O)cc1. The molecule has 1 N–H and O–H groups in total. The quantitative estimate of drug-likeness (QED) is 0.663. The van der Waals surface area contributed by atoms with Crippen molar-refractivity contribution in [3.8, 4) is 0 Å². The van der Waals surface area contributed by atoms with E-state index in [4.69, 9.17) is 0 Å². The Hall–Kier alpha value is -2.48. The first-order chi connectivity index (χ1) is 13.6. The number of nitrogens with one attached hydrogen (secondary N) is 1. The van der Waals surface area contributed by atoms with Gasteiger partial charge in [-0.15, -0.1) is 0 Å². The fourth-order valence-corrected chi connectivity index (χ4v) is 3.91. The Bertz CT molecular complexity index is 947. The fourth-order valence-electron chi connectivity index (χ4n) is 2.95. The van der Waals surface area contributed by atoms with Crippen LogP contribution < -0.4 is 9.62 Å². The van der Waals surface area contributed by atoms with E-state index in [1.165, 1.54) is 11.6 Å². The molecule has 0 spiro atoms. The van der Waals surface area contributed by atoms with Crippen molar-refractivity contribution in [2.75, 3.05) is 17.1 Å². The smallest absolute Gasteiger partial charge is 0.232 e. The van der Waals surface area contributed by atoms with Gasteiger partial charge in [0.05, 0.1) is 18.0 Å². The Morgan fingerprint density at radius 1 is 1.10 bits per heavy atom. The summed E-state index contributed by atoms with van der Waals surface area (Å²) in [6.45, 7) is 3.93. The molecule has 0 aliphatic heterocycles. The molecule has 0 bridgehead atoms. The summed E-state index contributed by atoms with van der Waals surface area (Å²) in [7, 11) is -3.71. The van der Waals surface area contributed by atoms with Gasteiger partial charge in [-0.25, -0.2) is 17.2 Å². The lowest BCUT2D eigenvalue weighted by Crippen LogP contribution is -2.32. The number of hydrogen-bond acceptors (Lipinski definition) is 3. The number of halogens is 2. The third kappa shape index (κ3) is 6.52. The highest BCUT2D eigenvalue weighted by Gasteiger charge is 2.19. The highest BCUT2D eigenvalue weighted by Crippen LogP contribution is 2.21. The molecule has 0 radical (unpaired) electrons. The summed E-state index contributed by atoms with van der Waals surface area (Å²) in [5.41, 5.74) is 2.22. The molecule has 5 nitrogen and oxygen atoms in total. The summed E-state index contributed by atoms with van der Waals surface area (Å²) >= 11 is 0. The van der Waals surface area contributed by atoms with Crippen molar-refractivity contribution in [1.29, 1.82) is 0 Å². The summed E-state index contributed by atoms with van der Waals surface area (Å²) in [6, 6.07) is 10.7. The number of carbonyl (C=O) groups excluding carboxylic acids is 1. The van der Waals surface area contributed by atoms with E-state index in [1.807, 2.05) is 31.2 Å². The minimum absolute atomic E-state index is 0.0170. The first-order valence-electron chi connectivity index (χ1n) is 9.42. The lowest BCUT2D eigenvalue weighted by atomic mass is 10.0. The van der Waals surface area contributed by atoms with Gasteiger partial charge >= 0.3 is 0 Å². The second kappa shape index (κ2) is 9.82. The topological polar surface area (TPSA) is 66.5 Å². The Labute approximate surface area is 170 Å². The minimum atomic E-state index is -3.71. The van der Waals surface area contributed by atoms with Gasteiger partial charge in [0.2, 0.25) is 15.9 Å². The van der Waals surface area contributed by atoms with Crippen LogP contribution in [0, 0.1) is 11.6 Å². The standard InChI is InChI=1S/C21H26F2N2O3S/c1-4-16-7-9-17(10-8-16)15(2)24-21(26)6-5-13-25(29(3,27)28)18-11-12-19(22)20(23)14-18/h7-12,14-15H,4-6,13H2,1-3H3,(H,24,26)/t15-/m1/s1. The molecular weight excluding hydrogens is 398 g/mol. The normalized spacial score (nSPS) is 12.4. The predicted octanol–water partition coefficient (Wildman–Crippen LogP) is 3.95. The summed E-state index contributed by atoms with van der Waals surface area (Å²) < 4.78 is 51.6. The number of amides is 1. The van der Waals surface area contributed by atoms with E-state index in [2.05, 4.69) is 12.2 Å². The van der Waals surface area contributed by atoms with Crippen molar-refractivity contribution in [2.24, 2.45) is 0 Å². The highest BCUT2D eigenvalue weighted by atomic mass is 32.2. The molecule has 0 unspecified atom stereocenters. The third-order valence-electron chi connectivity index (χ3n) is 4.62. The van der Waals surface area contributed by atoms with Crippen LogP contribution >= 0.6 is 0 Å². The van der Waals surface area contributed by atoms with E-state index in [9.17, 15) is 22.0 Å². The van der Waals surface area contributed by atoms with Crippen LogP contribution in [0.5, 0.6) is 0 Å². The molecule has 0 fully saturated rings. The Morgan fingerprint density at radius 2 is 1.76 bits per heavy atom. The monoisotopic (exact) mass is 424 g/mol. The molecule has 0 heterocycles. The van der Waals surface area contributed by atoms with Crippen LogP contribution in [-0.2, 0) is 21.2 Å². The van der Waals surface area contributed by atoms with Crippen molar-refractivity contribution in [3.05, 3.63) is 65.2 Å². The van der Waals surface area contributed by atoms with E-state index >= 15 is 0 Å². The van der Waals surface area contributed by atoms with Gasteiger partial charge in [0, 0.05) is 19.0 Å². The lowest BCUT2D eigenvalue weighted by molar-refractivity contribution is -0.121. The van der Waals surface area contributed by atoms with Crippen LogP contribution in [0.3, 0.4) is 0 Å². The Kier molecular flexibility index (Phi) is 7.73. The van der Waals surface area contributed by atoms with E-state index in [-0.39, 0.29) is 37.0 Å². The number of anilines is 1. The number of hydrogen-bond donors (Lipinski definition) is 1. The molecule has 1 atom stereocenters. The lowest BCUT2D eigenvalue weighted by Gasteiger charge is -2.22. The maximum Gasteiger partial charge on any atom is 0.232 e. The number of rotatable bonds is 9. The van der Waals surface area contributed by atoms with Gasteiger partial charge in [-0.2, -0.15) is 0 Å². The molecule has 0 aromatic heterocycles. The summed E-state index contributed by atoms with van der Waals surface area (Å²) in [6.07, 6.45) is 2.26. The third-order valence-corrected chi connectivity index (χ3v) is 5.82. The number of sulfonamides is 1. The molecule has 2 aromatic carbocycles. The maximum absolute atomic E-state index is 13.5. The van der Waals surface area contributed by atoms with E-state index in [0.29, 0.717) is 0 Å². The molecule has 158 valence electrons. The number of benzene rings is 2.